The Morgan fingerprint density at radius 1 is 1.06 bits per heavy atom. The monoisotopic (exact) mass is 248 g/mol. The van der Waals surface area contributed by atoms with Crippen LogP contribution in [-0.2, 0) is 19.1 Å². The summed E-state index contributed by atoms with van der Waals surface area (Å²) in [5.41, 5.74) is 0. The highest BCUT2D eigenvalue weighted by atomic mass is 32.2. The lowest BCUT2D eigenvalue weighted by Crippen LogP contribution is -2.04. The smallest absolute Gasteiger partial charge is 0.306 e. The molecule has 0 heterocycles. The van der Waals surface area contributed by atoms with Crippen molar-refractivity contribution < 1.29 is 19.1 Å². The number of hydrogen-bond acceptors (Lipinski definition) is 5. The van der Waals surface area contributed by atoms with Crippen LogP contribution in [0, 0.1) is 0 Å². The summed E-state index contributed by atoms with van der Waals surface area (Å²) in [5.74, 6) is 1.46. The van der Waals surface area contributed by atoms with E-state index in [0.29, 0.717) is 19.4 Å². The van der Waals surface area contributed by atoms with Gasteiger partial charge in [-0.15, -0.1) is 0 Å². The van der Waals surface area contributed by atoms with E-state index >= 15 is 0 Å². The zero-order valence-electron chi connectivity index (χ0n) is 9.99. The lowest BCUT2D eigenvalue weighted by atomic mass is 10.2. The Morgan fingerprint density at radius 3 is 2.44 bits per heavy atom. The molecule has 0 rings (SSSR count). The molecule has 0 unspecified atom stereocenters. The van der Waals surface area contributed by atoms with Gasteiger partial charge in [0.05, 0.1) is 20.1 Å². The molecule has 0 radical (unpaired) electrons. The van der Waals surface area contributed by atoms with Gasteiger partial charge in [-0.25, -0.2) is 0 Å². The fourth-order valence-electron chi connectivity index (χ4n) is 1.07. The summed E-state index contributed by atoms with van der Waals surface area (Å²) >= 11 is 1.71. The second-order valence-electron chi connectivity index (χ2n) is 3.20. The normalized spacial score (nSPS) is 9.88. The molecule has 0 aromatic carbocycles. The molecular weight excluding hydrogens is 228 g/mol. The number of unbranched alkanes of at least 4 members (excludes halogenated alkanes) is 1. The van der Waals surface area contributed by atoms with Gasteiger partial charge in [0.15, 0.2) is 0 Å². The maximum absolute atomic E-state index is 11.0. The zero-order valence-corrected chi connectivity index (χ0v) is 10.8. The first-order valence-corrected chi connectivity index (χ1v) is 6.66. The van der Waals surface area contributed by atoms with Crippen LogP contribution in [0.1, 0.15) is 32.6 Å². The topological polar surface area (TPSA) is 52.6 Å². The molecule has 0 atom stereocenters. The predicted octanol–water partition coefficient (Wildman–Crippen LogP) is 2.02. The number of thioether (sulfide) groups is 1. The van der Waals surface area contributed by atoms with E-state index in [-0.39, 0.29) is 11.9 Å². The Balaban J connectivity index is 3.15. The summed E-state index contributed by atoms with van der Waals surface area (Å²) in [6.07, 6.45) is 2.78. The van der Waals surface area contributed by atoms with Gasteiger partial charge in [-0.05, 0) is 25.5 Å². The van der Waals surface area contributed by atoms with Gasteiger partial charge < -0.3 is 9.47 Å². The van der Waals surface area contributed by atoms with Gasteiger partial charge in [0.2, 0.25) is 0 Å². The number of ether oxygens (including phenoxy) is 2. The Bertz CT molecular complexity index is 206. The van der Waals surface area contributed by atoms with E-state index in [1.54, 1.807) is 18.7 Å². The van der Waals surface area contributed by atoms with Gasteiger partial charge in [0.1, 0.15) is 0 Å². The van der Waals surface area contributed by atoms with Crippen LogP contribution in [0.5, 0.6) is 0 Å². The van der Waals surface area contributed by atoms with Crippen molar-refractivity contribution in [2.75, 3.05) is 25.2 Å². The number of carbonyl (C=O) groups excluding carboxylic acids is 2. The minimum atomic E-state index is -0.168. The summed E-state index contributed by atoms with van der Waals surface area (Å²) in [5, 5.41) is 0. The Labute approximate surface area is 101 Å². The maximum Gasteiger partial charge on any atom is 0.306 e. The van der Waals surface area contributed by atoms with E-state index in [9.17, 15) is 9.59 Å². The largest absolute Gasteiger partial charge is 0.469 e. The van der Waals surface area contributed by atoms with Gasteiger partial charge in [0, 0.05) is 12.2 Å². The van der Waals surface area contributed by atoms with E-state index in [0.717, 1.165) is 24.3 Å². The van der Waals surface area contributed by atoms with Crippen LogP contribution in [-0.4, -0.2) is 37.2 Å². The average Bonchev–Trinajstić information content (AvgIpc) is 2.27. The van der Waals surface area contributed by atoms with Crippen LogP contribution in [0.4, 0.5) is 0 Å². The van der Waals surface area contributed by atoms with Gasteiger partial charge in [-0.1, -0.05) is 0 Å². The Morgan fingerprint density at radius 2 is 1.81 bits per heavy atom. The number of carbonyl (C=O) groups is 2. The summed E-state index contributed by atoms with van der Waals surface area (Å²) in [6, 6.07) is 0. The Kier molecular flexibility index (Phi) is 10.3. The standard InChI is InChI=1S/C11H20O4S/c1-3-15-11(13)6-4-5-8-16-9-7-10(12)14-2/h3-9H2,1-2H3. The van der Waals surface area contributed by atoms with Crippen molar-refractivity contribution in [2.24, 2.45) is 0 Å². The molecule has 0 fully saturated rings. The van der Waals surface area contributed by atoms with Crippen LogP contribution >= 0.6 is 11.8 Å². The van der Waals surface area contributed by atoms with E-state index in [4.69, 9.17) is 4.74 Å². The molecule has 0 aliphatic carbocycles. The lowest BCUT2D eigenvalue weighted by Gasteiger charge is -2.02. The SMILES string of the molecule is CCOC(=O)CCCCSCCC(=O)OC. The molecule has 4 nitrogen and oxygen atoms in total. The van der Waals surface area contributed by atoms with Crippen molar-refractivity contribution in [1.29, 1.82) is 0 Å². The number of esters is 2. The molecule has 0 aromatic rings. The molecule has 0 saturated heterocycles. The fourth-order valence-corrected chi connectivity index (χ4v) is 1.99. The molecule has 0 aliphatic rings. The molecule has 0 aromatic heterocycles. The molecule has 0 saturated carbocycles. The minimum Gasteiger partial charge on any atom is -0.469 e. The second kappa shape index (κ2) is 10.8. The van der Waals surface area contributed by atoms with Crippen LogP contribution < -0.4 is 0 Å². The zero-order chi connectivity index (χ0) is 12.2. The molecule has 94 valence electrons. The van der Waals surface area contributed by atoms with Crippen LogP contribution in [0.25, 0.3) is 0 Å². The van der Waals surface area contributed by atoms with Crippen LogP contribution in [0.15, 0.2) is 0 Å². The highest BCUT2D eigenvalue weighted by Crippen LogP contribution is 2.08. The summed E-state index contributed by atoms with van der Waals surface area (Å²) in [6.45, 7) is 2.26. The molecule has 5 heteroatoms. The van der Waals surface area contributed by atoms with Crippen molar-refractivity contribution in [3.05, 3.63) is 0 Å². The molecule has 0 aliphatic heterocycles. The molecular formula is C11H20O4S. The average molecular weight is 248 g/mol. The van der Waals surface area contributed by atoms with Gasteiger partial charge in [0.25, 0.3) is 0 Å². The minimum absolute atomic E-state index is 0.123. The van der Waals surface area contributed by atoms with Crippen LogP contribution in [0.2, 0.25) is 0 Å². The third-order valence-corrected chi connectivity index (χ3v) is 2.97. The summed E-state index contributed by atoms with van der Waals surface area (Å²) < 4.78 is 9.33. The quantitative estimate of drug-likeness (QED) is 0.461. The number of rotatable bonds is 9. The van der Waals surface area contributed by atoms with Gasteiger partial charge in [-0.2, -0.15) is 11.8 Å². The first-order chi connectivity index (χ1) is 7.70. The van der Waals surface area contributed by atoms with Gasteiger partial charge in [-0.3, -0.25) is 9.59 Å². The highest BCUT2D eigenvalue weighted by Gasteiger charge is 2.02. The summed E-state index contributed by atoms with van der Waals surface area (Å²) in [4.78, 5) is 21.7. The van der Waals surface area contributed by atoms with E-state index < -0.39 is 0 Å². The third-order valence-electron chi connectivity index (χ3n) is 1.90. The summed E-state index contributed by atoms with van der Waals surface area (Å²) in [7, 11) is 1.40. The fraction of sp³-hybridized carbons (Fsp3) is 0.818. The first kappa shape index (κ1) is 15.3. The highest BCUT2D eigenvalue weighted by molar-refractivity contribution is 7.99. The number of hydrogen-bond donors (Lipinski definition) is 0. The molecule has 16 heavy (non-hydrogen) atoms. The van der Waals surface area contributed by atoms with Crippen molar-refractivity contribution in [3.63, 3.8) is 0 Å². The van der Waals surface area contributed by atoms with Crippen molar-refractivity contribution in [1.82, 2.24) is 0 Å². The molecule has 0 amide bonds. The first-order valence-electron chi connectivity index (χ1n) is 5.50. The van der Waals surface area contributed by atoms with E-state index in [2.05, 4.69) is 4.74 Å². The van der Waals surface area contributed by atoms with Crippen LogP contribution in [0.3, 0.4) is 0 Å². The molecule has 0 N–H and O–H groups in total. The van der Waals surface area contributed by atoms with E-state index in [1.165, 1.54) is 7.11 Å². The van der Waals surface area contributed by atoms with Gasteiger partial charge >= 0.3 is 11.9 Å². The van der Waals surface area contributed by atoms with E-state index in [1.807, 2.05) is 0 Å². The maximum atomic E-state index is 11.0. The molecule has 0 spiro atoms. The third kappa shape index (κ3) is 9.83. The number of methoxy groups -OCH3 is 1. The lowest BCUT2D eigenvalue weighted by molar-refractivity contribution is -0.143. The van der Waals surface area contributed by atoms with Crippen molar-refractivity contribution in [2.45, 2.75) is 32.6 Å². The predicted molar refractivity (Wildman–Crippen MR) is 64.4 cm³/mol. The Hall–Kier alpha value is -0.710. The van der Waals surface area contributed by atoms with Crippen molar-refractivity contribution in [3.8, 4) is 0 Å². The molecule has 0 bridgehead atoms. The van der Waals surface area contributed by atoms with Crippen molar-refractivity contribution >= 4 is 23.7 Å². The second-order valence-corrected chi connectivity index (χ2v) is 4.43.